The van der Waals surface area contributed by atoms with Crippen LogP contribution in [0.25, 0.3) is 0 Å². The first-order valence-corrected chi connectivity index (χ1v) is 11.3. The summed E-state index contributed by atoms with van der Waals surface area (Å²) in [5.41, 5.74) is 2.24. The Morgan fingerprint density at radius 3 is 2.17 bits per heavy atom. The summed E-state index contributed by atoms with van der Waals surface area (Å²) in [6.07, 6.45) is -1.77. The molecule has 1 atom stereocenters. The van der Waals surface area contributed by atoms with Crippen molar-refractivity contribution < 1.29 is 26.3 Å². The first kappa shape index (κ1) is 22.6. The van der Waals surface area contributed by atoms with Crippen molar-refractivity contribution >= 4 is 10.0 Å². The van der Waals surface area contributed by atoms with Gasteiger partial charge in [-0.3, -0.25) is 4.90 Å². The summed E-state index contributed by atoms with van der Waals surface area (Å²) < 4.78 is 68.6. The van der Waals surface area contributed by atoms with Crippen molar-refractivity contribution in [2.75, 3.05) is 19.6 Å². The van der Waals surface area contributed by atoms with Crippen molar-refractivity contribution in [1.82, 2.24) is 9.62 Å². The predicted molar refractivity (Wildman–Crippen MR) is 108 cm³/mol. The number of sulfonamides is 1. The third kappa shape index (κ3) is 5.96. The monoisotopic (exact) mass is 442 g/mol. The van der Waals surface area contributed by atoms with E-state index in [2.05, 4.69) is 21.3 Å². The Morgan fingerprint density at radius 1 is 1.03 bits per heavy atom. The molecule has 0 radical (unpaired) electrons. The van der Waals surface area contributed by atoms with E-state index >= 15 is 0 Å². The zero-order valence-corrected chi connectivity index (χ0v) is 17.5. The summed E-state index contributed by atoms with van der Waals surface area (Å²) in [4.78, 5) is 2.14. The van der Waals surface area contributed by atoms with Gasteiger partial charge in [-0.05, 0) is 67.7 Å². The minimum Gasteiger partial charge on any atom is -0.406 e. The minimum atomic E-state index is -4.82. The largest absolute Gasteiger partial charge is 0.573 e. The number of benzene rings is 2. The van der Waals surface area contributed by atoms with Crippen LogP contribution in [0.4, 0.5) is 13.2 Å². The molecule has 0 aromatic heterocycles. The van der Waals surface area contributed by atoms with Gasteiger partial charge in [0.25, 0.3) is 0 Å². The van der Waals surface area contributed by atoms with Gasteiger partial charge in [0.2, 0.25) is 10.0 Å². The van der Waals surface area contributed by atoms with Gasteiger partial charge >= 0.3 is 6.36 Å². The number of hydrogen-bond acceptors (Lipinski definition) is 4. The quantitative estimate of drug-likeness (QED) is 0.664. The van der Waals surface area contributed by atoms with Gasteiger partial charge in [0.1, 0.15) is 5.75 Å². The maximum absolute atomic E-state index is 12.7. The number of alkyl halides is 3. The maximum Gasteiger partial charge on any atom is 0.573 e. The summed E-state index contributed by atoms with van der Waals surface area (Å²) >= 11 is 0. The molecule has 5 nitrogen and oxygen atoms in total. The van der Waals surface area contributed by atoms with Crippen molar-refractivity contribution in [2.24, 2.45) is 0 Å². The molecule has 30 heavy (non-hydrogen) atoms. The Balaban J connectivity index is 1.73. The van der Waals surface area contributed by atoms with Gasteiger partial charge in [-0.15, -0.1) is 13.2 Å². The van der Waals surface area contributed by atoms with E-state index in [9.17, 15) is 21.6 Å². The first-order chi connectivity index (χ1) is 14.2. The number of hydrogen-bond donors (Lipinski definition) is 1. The lowest BCUT2D eigenvalue weighted by molar-refractivity contribution is -0.274. The van der Waals surface area contributed by atoms with Crippen LogP contribution >= 0.6 is 0 Å². The summed E-state index contributed by atoms with van der Waals surface area (Å²) in [5.74, 6) is -0.465. The summed E-state index contributed by atoms with van der Waals surface area (Å²) in [6.45, 7) is 4.04. The SMILES string of the molecule is CCc1ccc([C@@H](CNS(=O)(=O)c2ccc(OC(F)(F)F)cc2)N2CCCC2)cc1. The number of ether oxygens (including phenoxy) is 1. The highest BCUT2D eigenvalue weighted by molar-refractivity contribution is 7.89. The Labute approximate surface area is 174 Å². The van der Waals surface area contributed by atoms with Gasteiger partial charge in [0.15, 0.2) is 0 Å². The molecule has 0 amide bonds. The van der Waals surface area contributed by atoms with Crippen LogP contribution in [0.3, 0.4) is 0 Å². The predicted octanol–water partition coefficient (Wildman–Crippen LogP) is 4.26. The molecule has 9 heteroatoms. The van der Waals surface area contributed by atoms with Crippen LogP contribution in [-0.2, 0) is 16.4 Å². The molecule has 1 aliphatic heterocycles. The van der Waals surface area contributed by atoms with Crippen LogP contribution in [0.15, 0.2) is 53.4 Å². The number of rotatable bonds is 8. The lowest BCUT2D eigenvalue weighted by atomic mass is 10.0. The van der Waals surface area contributed by atoms with Crippen molar-refractivity contribution in [1.29, 1.82) is 0 Å². The van der Waals surface area contributed by atoms with Crippen LogP contribution in [0.5, 0.6) is 5.75 Å². The zero-order chi connectivity index (χ0) is 21.8. The Morgan fingerprint density at radius 2 is 1.63 bits per heavy atom. The maximum atomic E-state index is 12.7. The highest BCUT2D eigenvalue weighted by Crippen LogP contribution is 2.27. The average molecular weight is 443 g/mol. The topological polar surface area (TPSA) is 58.6 Å². The van der Waals surface area contributed by atoms with Crippen LogP contribution < -0.4 is 9.46 Å². The average Bonchev–Trinajstić information content (AvgIpc) is 3.22. The molecule has 2 aromatic rings. The van der Waals surface area contributed by atoms with Gasteiger partial charge in [0.05, 0.1) is 4.90 Å². The van der Waals surface area contributed by atoms with E-state index in [1.807, 2.05) is 24.3 Å². The van der Waals surface area contributed by atoms with E-state index in [1.165, 1.54) is 5.56 Å². The van der Waals surface area contributed by atoms with E-state index < -0.39 is 22.1 Å². The molecule has 2 aromatic carbocycles. The Bertz CT molecular complexity index is 923. The molecule has 1 saturated heterocycles. The lowest BCUT2D eigenvalue weighted by Crippen LogP contribution is -2.36. The first-order valence-electron chi connectivity index (χ1n) is 9.86. The fourth-order valence-corrected chi connectivity index (χ4v) is 4.62. The molecule has 0 aliphatic carbocycles. The highest BCUT2D eigenvalue weighted by atomic mass is 32.2. The van der Waals surface area contributed by atoms with Gasteiger partial charge in [-0.1, -0.05) is 31.2 Å². The molecule has 0 saturated carbocycles. The molecule has 1 fully saturated rings. The third-order valence-corrected chi connectivity index (χ3v) is 6.63. The molecule has 164 valence electrons. The molecule has 1 heterocycles. The second kappa shape index (κ2) is 9.36. The van der Waals surface area contributed by atoms with E-state index in [1.54, 1.807) is 0 Å². The number of likely N-dealkylation sites (tertiary alicyclic amines) is 1. The van der Waals surface area contributed by atoms with Crippen molar-refractivity contribution in [2.45, 2.75) is 43.5 Å². The van der Waals surface area contributed by atoms with Crippen molar-refractivity contribution in [3.63, 3.8) is 0 Å². The normalized spacial score (nSPS) is 16.5. The number of halogens is 3. The number of nitrogens with zero attached hydrogens (tertiary/aromatic N) is 1. The van der Waals surface area contributed by atoms with Crippen molar-refractivity contribution in [3.8, 4) is 5.75 Å². The molecule has 0 spiro atoms. The third-order valence-electron chi connectivity index (χ3n) is 5.19. The summed E-state index contributed by atoms with van der Waals surface area (Å²) in [6, 6.07) is 12.2. The van der Waals surface area contributed by atoms with Gasteiger partial charge < -0.3 is 4.74 Å². The van der Waals surface area contributed by atoms with Crippen molar-refractivity contribution in [3.05, 3.63) is 59.7 Å². The van der Waals surface area contributed by atoms with Gasteiger partial charge in [-0.25, -0.2) is 13.1 Å². The molecule has 1 aliphatic rings. The number of aryl methyl sites for hydroxylation is 1. The second-order valence-electron chi connectivity index (χ2n) is 7.23. The molecule has 0 bridgehead atoms. The smallest absolute Gasteiger partial charge is 0.406 e. The minimum absolute atomic E-state index is 0.110. The van der Waals surface area contributed by atoms with Gasteiger partial charge in [0, 0.05) is 12.6 Å². The molecular formula is C21H25F3N2O3S. The fourth-order valence-electron chi connectivity index (χ4n) is 3.58. The van der Waals surface area contributed by atoms with Crippen LogP contribution in [0.2, 0.25) is 0 Å². The van der Waals surface area contributed by atoms with E-state index in [4.69, 9.17) is 0 Å². The summed E-state index contributed by atoms with van der Waals surface area (Å²) in [7, 11) is -3.88. The van der Waals surface area contributed by atoms with Crippen LogP contribution in [0.1, 0.15) is 36.9 Å². The van der Waals surface area contributed by atoms with E-state index in [0.29, 0.717) is 0 Å². The van der Waals surface area contributed by atoms with Crippen LogP contribution in [-0.4, -0.2) is 39.3 Å². The number of nitrogens with one attached hydrogen (secondary N) is 1. The van der Waals surface area contributed by atoms with E-state index in [-0.39, 0.29) is 17.5 Å². The summed E-state index contributed by atoms with van der Waals surface area (Å²) in [5, 5.41) is 0. The lowest BCUT2D eigenvalue weighted by Gasteiger charge is -2.28. The molecule has 0 unspecified atom stereocenters. The molecule has 3 rings (SSSR count). The van der Waals surface area contributed by atoms with Gasteiger partial charge in [-0.2, -0.15) is 0 Å². The standard InChI is InChI=1S/C21H25F3N2O3S/c1-2-16-5-7-17(8-6-16)20(26-13-3-4-14-26)15-25-30(27,28)19-11-9-18(10-12-19)29-21(22,23)24/h5-12,20,25H,2-4,13-15H2,1H3/t20-/m1/s1. The molecular weight excluding hydrogens is 417 g/mol. The Hall–Kier alpha value is -2.10. The molecule has 1 N–H and O–H groups in total. The highest BCUT2D eigenvalue weighted by Gasteiger charge is 2.31. The fraction of sp³-hybridized carbons (Fsp3) is 0.429. The second-order valence-corrected chi connectivity index (χ2v) is 8.99. The zero-order valence-electron chi connectivity index (χ0n) is 16.7. The van der Waals surface area contributed by atoms with Crippen LogP contribution in [0, 0.1) is 0 Å². The van der Waals surface area contributed by atoms with E-state index in [0.717, 1.165) is 62.2 Å². The Kier molecular flexibility index (Phi) is 7.05.